The molecule has 4 heteroatoms. The van der Waals surface area contributed by atoms with Crippen molar-refractivity contribution in [2.45, 2.75) is 6.54 Å². The average Bonchev–Trinajstić information content (AvgIpc) is 2.53. The smallest absolute Gasteiger partial charge is 0.141 e. The van der Waals surface area contributed by atoms with Gasteiger partial charge in [-0.05, 0) is 47.2 Å². The molecule has 3 aromatic rings. The monoisotopic (exact) mass is 357 g/mol. The van der Waals surface area contributed by atoms with Gasteiger partial charge in [0.1, 0.15) is 11.5 Å². The van der Waals surface area contributed by atoms with E-state index in [4.69, 9.17) is 4.74 Å². The van der Waals surface area contributed by atoms with Gasteiger partial charge in [0.05, 0.1) is 12.8 Å². The number of phenolic OH excluding ortho intramolecular Hbond substituents is 1. The summed E-state index contributed by atoms with van der Waals surface area (Å²) in [5, 5.41) is 15.6. The molecular formula is C18H16BrNO2. The maximum atomic E-state index is 10.2. The Bertz CT molecular complexity index is 817. The molecule has 0 atom stereocenters. The maximum Gasteiger partial charge on any atom is 0.141 e. The van der Waals surface area contributed by atoms with Gasteiger partial charge in [0.15, 0.2) is 0 Å². The van der Waals surface area contributed by atoms with Crippen LogP contribution in [0.25, 0.3) is 10.8 Å². The zero-order valence-corrected chi connectivity index (χ0v) is 13.7. The fourth-order valence-corrected chi connectivity index (χ4v) is 2.81. The summed E-state index contributed by atoms with van der Waals surface area (Å²) in [6.07, 6.45) is 0. The van der Waals surface area contributed by atoms with Gasteiger partial charge in [-0.3, -0.25) is 0 Å². The van der Waals surface area contributed by atoms with Crippen LogP contribution in [0.1, 0.15) is 5.56 Å². The molecule has 0 fully saturated rings. The van der Waals surface area contributed by atoms with E-state index < -0.39 is 0 Å². The molecule has 0 radical (unpaired) electrons. The van der Waals surface area contributed by atoms with Gasteiger partial charge in [-0.15, -0.1) is 0 Å². The maximum absolute atomic E-state index is 10.2. The number of methoxy groups -OCH3 is 1. The fraction of sp³-hybridized carbons (Fsp3) is 0.111. The second-order valence-corrected chi connectivity index (χ2v) is 5.94. The summed E-state index contributed by atoms with van der Waals surface area (Å²) >= 11 is 3.48. The Balaban J connectivity index is 1.88. The molecule has 0 spiro atoms. The molecule has 0 amide bonds. The first kappa shape index (κ1) is 14.7. The summed E-state index contributed by atoms with van der Waals surface area (Å²) in [6.45, 7) is 0.522. The number of anilines is 1. The highest BCUT2D eigenvalue weighted by molar-refractivity contribution is 9.10. The van der Waals surface area contributed by atoms with Crippen molar-refractivity contribution in [2.24, 2.45) is 0 Å². The summed E-state index contributed by atoms with van der Waals surface area (Å²) in [6, 6.07) is 17.5. The Kier molecular flexibility index (Phi) is 4.20. The second kappa shape index (κ2) is 6.28. The number of rotatable bonds is 4. The molecule has 0 saturated heterocycles. The second-order valence-electron chi connectivity index (χ2n) is 5.03. The summed E-state index contributed by atoms with van der Waals surface area (Å²) in [4.78, 5) is 0. The lowest BCUT2D eigenvalue weighted by Gasteiger charge is -2.12. The zero-order valence-electron chi connectivity index (χ0n) is 12.1. The zero-order chi connectivity index (χ0) is 15.5. The topological polar surface area (TPSA) is 41.5 Å². The van der Waals surface area contributed by atoms with Crippen molar-refractivity contribution < 1.29 is 9.84 Å². The van der Waals surface area contributed by atoms with Crippen molar-refractivity contribution in [2.75, 3.05) is 12.4 Å². The minimum Gasteiger partial charge on any atom is -0.508 e. The number of hydrogen-bond donors (Lipinski definition) is 2. The third-order valence-corrected chi connectivity index (χ3v) is 4.07. The van der Waals surface area contributed by atoms with Crippen LogP contribution < -0.4 is 10.1 Å². The van der Waals surface area contributed by atoms with Crippen molar-refractivity contribution in [3.8, 4) is 11.5 Å². The quantitative estimate of drug-likeness (QED) is 0.695. The van der Waals surface area contributed by atoms with E-state index in [0.717, 1.165) is 32.2 Å². The largest absolute Gasteiger partial charge is 0.508 e. The van der Waals surface area contributed by atoms with Gasteiger partial charge in [-0.25, -0.2) is 0 Å². The molecule has 2 N–H and O–H groups in total. The van der Waals surface area contributed by atoms with Crippen LogP contribution in [0.2, 0.25) is 0 Å². The molecule has 0 aliphatic heterocycles. The van der Waals surface area contributed by atoms with Crippen molar-refractivity contribution in [3.05, 3.63) is 64.6 Å². The molecule has 22 heavy (non-hydrogen) atoms. The third-order valence-electron chi connectivity index (χ3n) is 3.58. The first-order valence-corrected chi connectivity index (χ1v) is 7.75. The molecule has 0 saturated carbocycles. The molecule has 0 aliphatic carbocycles. The molecule has 3 aromatic carbocycles. The van der Waals surface area contributed by atoms with E-state index >= 15 is 0 Å². The van der Waals surface area contributed by atoms with Crippen LogP contribution in [0.15, 0.2) is 59.1 Å². The normalized spacial score (nSPS) is 10.6. The van der Waals surface area contributed by atoms with E-state index in [2.05, 4.69) is 21.2 Å². The highest BCUT2D eigenvalue weighted by atomic mass is 79.9. The van der Waals surface area contributed by atoms with Gasteiger partial charge < -0.3 is 15.2 Å². The van der Waals surface area contributed by atoms with Crippen LogP contribution in [0.3, 0.4) is 0 Å². The number of aromatic hydroxyl groups is 1. The molecule has 0 heterocycles. The molecule has 3 rings (SSSR count). The number of para-hydroxylation sites is 2. The molecule has 3 nitrogen and oxygen atoms in total. The predicted molar refractivity (Wildman–Crippen MR) is 93.6 cm³/mol. The van der Waals surface area contributed by atoms with Gasteiger partial charge in [-0.1, -0.05) is 34.1 Å². The van der Waals surface area contributed by atoms with Crippen LogP contribution in [-0.2, 0) is 6.54 Å². The van der Waals surface area contributed by atoms with Crippen LogP contribution in [0.4, 0.5) is 5.69 Å². The van der Waals surface area contributed by atoms with E-state index in [1.807, 2.05) is 48.5 Å². The molecule has 112 valence electrons. The third kappa shape index (κ3) is 3.02. The summed E-state index contributed by atoms with van der Waals surface area (Å²) in [7, 11) is 1.64. The van der Waals surface area contributed by atoms with Gasteiger partial charge in [0, 0.05) is 16.6 Å². The fourth-order valence-electron chi connectivity index (χ4n) is 2.43. The van der Waals surface area contributed by atoms with Crippen molar-refractivity contribution in [1.29, 1.82) is 0 Å². The van der Waals surface area contributed by atoms with Gasteiger partial charge in [0.25, 0.3) is 0 Å². The minimum atomic E-state index is 0.289. The van der Waals surface area contributed by atoms with Crippen LogP contribution >= 0.6 is 15.9 Å². The van der Waals surface area contributed by atoms with E-state index in [9.17, 15) is 5.11 Å². The minimum absolute atomic E-state index is 0.289. The number of nitrogens with one attached hydrogen (secondary N) is 1. The Morgan fingerprint density at radius 3 is 2.68 bits per heavy atom. The van der Waals surface area contributed by atoms with E-state index in [1.54, 1.807) is 13.2 Å². The van der Waals surface area contributed by atoms with Gasteiger partial charge >= 0.3 is 0 Å². The van der Waals surface area contributed by atoms with Crippen molar-refractivity contribution in [3.63, 3.8) is 0 Å². The Labute approximate surface area is 137 Å². The van der Waals surface area contributed by atoms with Crippen molar-refractivity contribution in [1.82, 2.24) is 0 Å². The lowest BCUT2D eigenvalue weighted by Crippen LogP contribution is -2.01. The van der Waals surface area contributed by atoms with Crippen LogP contribution in [0.5, 0.6) is 11.5 Å². The van der Waals surface area contributed by atoms with Crippen molar-refractivity contribution >= 4 is 32.4 Å². The predicted octanol–water partition coefficient (Wildman–Crippen LogP) is 4.93. The number of benzene rings is 3. The van der Waals surface area contributed by atoms with Crippen LogP contribution in [0, 0.1) is 0 Å². The highest BCUT2D eigenvalue weighted by Gasteiger charge is 2.06. The van der Waals surface area contributed by atoms with Gasteiger partial charge in [0.2, 0.25) is 0 Å². The number of ether oxygens (including phenoxy) is 1. The van der Waals surface area contributed by atoms with E-state index in [0.29, 0.717) is 6.54 Å². The number of hydrogen-bond acceptors (Lipinski definition) is 3. The molecule has 0 bridgehead atoms. The van der Waals surface area contributed by atoms with Crippen LogP contribution in [-0.4, -0.2) is 12.2 Å². The Morgan fingerprint density at radius 1 is 1.05 bits per heavy atom. The first-order valence-electron chi connectivity index (χ1n) is 6.95. The molecule has 0 aromatic heterocycles. The highest BCUT2D eigenvalue weighted by Crippen LogP contribution is 2.29. The SMILES string of the molecule is COc1ccccc1NCc1cc2cc(Br)ccc2cc1O. The Morgan fingerprint density at radius 2 is 1.86 bits per heavy atom. The van der Waals surface area contributed by atoms with Gasteiger partial charge in [-0.2, -0.15) is 0 Å². The Hall–Kier alpha value is -2.20. The van der Waals surface area contributed by atoms with E-state index in [-0.39, 0.29) is 5.75 Å². The number of fused-ring (bicyclic) bond motifs is 1. The summed E-state index contributed by atoms with van der Waals surface area (Å²) in [5.41, 5.74) is 1.75. The standard InChI is InChI=1S/C18H16BrNO2/c1-22-18-5-3-2-4-16(18)20-11-14-8-13-9-15(19)7-6-12(13)10-17(14)21/h2-10,20-21H,11H2,1H3. The number of phenols is 1. The molecular weight excluding hydrogens is 342 g/mol. The average molecular weight is 358 g/mol. The molecule has 0 unspecified atom stereocenters. The lowest BCUT2D eigenvalue weighted by molar-refractivity contribution is 0.416. The lowest BCUT2D eigenvalue weighted by atomic mass is 10.1. The molecule has 0 aliphatic rings. The van der Waals surface area contributed by atoms with E-state index in [1.165, 1.54) is 0 Å². The summed E-state index contributed by atoms with van der Waals surface area (Å²) in [5.74, 6) is 1.07. The first-order chi connectivity index (χ1) is 10.7. The summed E-state index contributed by atoms with van der Waals surface area (Å²) < 4.78 is 6.34. The number of halogens is 1.